The van der Waals surface area contributed by atoms with Gasteiger partial charge in [0.05, 0.1) is 37.4 Å². The highest BCUT2D eigenvalue weighted by Crippen LogP contribution is 2.40. The van der Waals surface area contributed by atoms with Crippen LogP contribution in [0, 0.1) is 17.1 Å². The summed E-state index contributed by atoms with van der Waals surface area (Å²) in [4.78, 5) is 42.4. The normalized spacial score (nSPS) is 17.0. The van der Waals surface area contributed by atoms with E-state index in [2.05, 4.69) is 11.4 Å². The van der Waals surface area contributed by atoms with E-state index in [0.717, 1.165) is 16.7 Å². The Morgan fingerprint density at radius 2 is 1.52 bits per heavy atom. The second-order valence-electron chi connectivity index (χ2n) is 18.2. The van der Waals surface area contributed by atoms with Crippen molar-refractivity contribution >= 4 is 29.9 Å². The summed E-state index contributed by atoms with van der Waals surface area (Å²) >= 11 is 6.84. The number of likely N-dealkylation sites (tertiary alicyclic amines) is 1. The van der Waals surface area contributed by atoms with Gasteiger partial charge in [0.25, 0.3) is 0 Å². The predicted octanol–water partition coefficient (Wildman–Crippen LogP) is 10.6. The number of nitrogens with one attached hydrogen (secondary N) is 1. The van der Waals surface area contributed by atoms with Gasteiger partial charge in [-0.2, -0.15) is 5.26 Å². The number of halogens is 2. The van der Waals surface area contributed by atoms with E-state index in [1.165, 1.54) is 12.1 Å². The molecule has 4 aromatic carbocycles. The van der Waals surface area contributed by atoms with Crippen molar-refractivity contribution in [2.45, 2.75) is 109 Å². The first-order valence-corrected chi connectivity index (χ1v) is 22.1. The van der Waals surface area contributed by atoms with E-state index in [0.29, 0.717) is 44.3 Å². The zero-order valence-corrected chi connectivity index (χ0v) is 38.2. The van der Waals surface area contributed by atoms with Crippen LogP contribution in [0.4, 0.5) is 18.8 Å². The smallest absolute Gasteiger partial charge is 0.410 e. The van der Waals surface area contributed by atoms with Gasteiger partial charge in [-0.1, -0.05) is 78.3 Å². The molecule has 1 unspecified atom stereocenters. The fourth-order valence-electron chi connectivity index (χ4n) is 7.83. The van der Waals surface area contributed by atoms with Crippen molar-refractivity contribution in [3.8, 4) is 22.9 Å². The lowest BCUT2D eigenvalue weighted by Gasteiger charge is -2.39. The molecule has 12 nitrogen and oxygen atoms in total. The standard InChI is InChI=1S/C50H58ClFN4O8/c1-49(2,3)63-46(57)54-37-19-21-38(22-20-37)56(48(59)64-50(4,5)6)31-41(34-15-11-8-12-16-34)35-17-23-42(51)40(27-35)44-36(28-53)18-24-43(45(44)52)61-26-25-60-39-29-55(30-39)47(58)62-32-33-13-9-7-10-14-33/h7-18,23-24,27,37-39,41H,19-22,25-26,29-32H2,1-6H3,(H,54,57). The minimum atomic E-state index is -0.762. The molecule has 2 aliphatic rings. The highest BCUT2D eigenvalue weighted by atomic mass is 35.5. The number of nitrogens with zero attached hydrogens (tertiary/aromatic N) is 3. The number of nitriles is 1. The molecule has 1 atom stereocenters. The Labute approximate surface area is 380 Å². The quantitative estimate of drug-likeness (QED) is 0.0968. The molecule has 1 aliphatic carbocycles. The zero-order chi connectivity index (χ0) is 46.0. The van der Waals surface area contributed by atoms with Crippen LogP contribution in [0.3, 0.4) is 0 Å². The van der Waals surface area contributed by atoms with Gasteiger partial charge in [-0.05, 0) is 108 Å². The summed E-state index contributed by atoms with van der Waals surface area (Å²) in [6, 6.07) is 29.1. The molecule has 0 aromatic heterocycles. The number of ether oxygens (including phenoxy) is 5. The van der Waals surface area contributed by atoms with Gasteiger partial charge in [0.15, 0.2) is 11.6 Å². The van der Waals surface area contributed by atoms with E-state index >= 15 is 4.39 Å². The molecule has 3 amide bonds. The first kappa shape index (κ1) is 47.6. The summed E-state index contributed by atoms with van der Waals surface area (Å²) in [5.74, 6) is -1.25. The third-order valence-electron chi connectivity index (χ3n) is 11.0. The number of hydrogen-bond donors (Lipinski definition) is 1. The Kier molecular flexibility index (Phi) is 15.8. The SMILES string of the molecule is CC(C)(C)OC(=O)NC1CCC(N(CC(c2ccccc2)c2ccc(Cl)c(-c3c(C#N)ccc(OCCOC4CN(C(=O)OCc5ccccc5)C4)c3F)c2)C(=O)OC(C)(C)C)CC1. The molecule has 340 valence electrons. The first-order valence-electron chi connectivity index (χ1n) is 21.7. The third-order valence-corrected chi connectivity index (χ3v) is 11.3. The fraction of sp³-hybridized carbons (Fsp3) is 0.440. The maximum absolute atomic E-state index is 16.6. The van der Waals surface area contributed by atoms with Crippen molar-refractivity contribution in [2.24, 2.45) is 0 Å². The van der Waals surface area contributed by atoms with Crippen molar-refractivity contribution in [1.29, 1.82) is 5.26 Å². The Morgan fingerprint density at radius 3 is 2.16 bits per heavy atom. The number of rotatable bonds is 14. The molecule has 14 heteroatoms. The second kappa shape index (κ2) is 21.2. The molecule has 0 spiro atoms. The van der Waals surface area contributed by atoms with E-state index in [9.17, 15) is 19.6 Å². The van der Waals surface area contributed by atoms with E-state index in [-0.39, 0.29) is 66.5 Å². The van der Waals surface area contributed by atoms with Gasteiger partial charge in [0, 0.05) is 40.7 Å². The van der Waals surface area contributed by atoms with Crippen LogP contribution >= 0.6 is 11.6 Å². The van der Waals surface area contributed by atoms with Crippen molar-refractivity contribution in [2.75, 3.05) is 32.8 Å². The van der Waals surface area contributed by atoms with Gasteiger partial charge in [-0.15, -0.1) is 0 Å². The lowest BCUT2D eigenvalue weighted by atomic mass is 9.86. The molecule has 0 bridgehead atoms. The lowest BCUT2D eigenvalue weighted by molar-refractivity contribution is -0.0572. The maximum Gasteiger partial charge on any atom is 0.410 e. The molecule has 1 saturated carbocycles. The summed E-state index contributed by atoms with van der Waals surface area (Å²) in [6.07, 6.45) is 0.937. The number of hydrogen-bond acceptors (Lipinski definition) is 9. The minimum Gasteiger partial charge on any atom is -0.488 e. The molecule has 1 N–H and O–H groups in total. The van der Waals surface area contributed by atoms with Crippen LogP contribution in [-0.2, 0) is 25.6 Å². The van der Waals surface area contributed by atoms with Gasteiger partial charge in [-0.3, -0.25) is 0 Å². The number of benzene rings is 4. The molecule has 0 radical (unpaired) electrons. The van der Waals surface area contributed by atoms with Crippen molar-refractivity contribution in [1.82, 2.24) is 15.1 Å². The Morgan fingerprint density at radius 1 is 0.859 bits per heavy atom. The van der Waals surface area contributed by atoms with Crippen LogP contribution in [0.1, 0.15) is 95.4 Å². The van der Waals surface area contributed by atoms with E-state index < -0.39 is 41.2 Å². The second-order valence-corrected chi connectivity index (χ2v) is 18.6. The van der Waals surface area contributed by atoms with Gasteiger partial charge >= 0.3 is 18.3 Å². The monoisotopic (exact) mass is 896 g/mol. The topological polar surface area (TPSA) is 140 Å². The molecule has 1 heterocycles. The number of carbonyl (C=O) groups excluding carboxylic acids is 3. The molecule has 6 rings (SSSR count). The molecular weight excluding hydrogens is 839 g/mol. The van der Waals surface area contributed by atoms with Crippen molar-refractivity contribution in [3.05, 3.63) is 124 Å². The number of amides is 3. The van der Waals surface area contributed by atoms with Crippen molar-refractivity contribution < 1.29 is 42.5 Å². The maximum atomic E-state index is 16.6. The van der Waals surface area contributed by atoms with E-state index in [1.807, 2.05) is 108 Å². The lowest BCUT2D eigenvalue weighted by Crippen LogP contribution is -2.55. The Balaban J connectivity index is 1.17. The van der Waals surface area contributed by atoms with E-state index in [4.69, 9.17) is 35.3 Å². The van der Waals surface area contributed by atoms with Crippen LogP contribution in [0.15, 0.2) is 91.0 Å². The third kappa shape index (κ3) is 13.1. The van der Waals surface area contributed by atoms with Gasteiger partial charge in [0.1, 0.15) is 24.4 Å². The largest absolute Gasteiger partial charge is 0.488 e. The van der Waals surface area contributed by atoms with Crippen LogP contribution in [0.25, 0.3) is 11.1 Å². The summed E-state index contributed by atoms with van der Waals surface area (Å²) in [5.41, 5.74) is 1.50. The highest BCUT2D eigenvalue weighted by Gasteiger charge is 2.36. The van der Waals surface area contributed by atoms with Crippen LogP contribution in [0.2, 0.25) is 5.02 Å². The van der Waals surface area contributed by atoms with Crippen LogP contribution in [-0.4, -0.2) is 90.3 Å². The van der Waals surface area contributed by atoms with E-state index in [1.54, 1.807) is 21.9 Å². The summed E-state index contributed by atoms with van der Waals surface area (Å²) in [7, 11) is 0. The van der Waals surface area contributed by atoms with Gasteiger partial charge in [-0.25, -0.2) is 18.8 Å². The molecule has 2 fully saturated rings. The highest BCUT2D eigenvalue weighted by molar-refractivity contribution is 6.33. The molecule has 64 heavy (non-hydrogen) atoms. The average molecular weight is 897 g/mol. The average Bonchev–Trinajstić information content (AvgIpc) is 3.23. The zero-order valence-electron chi connectivity index (χ0n) is 37.4. The summed E-state index contributed by atoms with van der Waals surface area (Å²) in [6.45, 7) is 12.2. The summed E-state index contributed by atoms with van der Waals surface area (Å²) < 4.78 is 45.2. The van der Waals surface area contributed by atoms with Gasteiger partial charge < -0.3 is 38.8 Å². The Hall–Kier alpha value is -5.84. The molecular formula is C50H58ClFN4O8. The molecule has 4 aromatic rings. The Bertz CT molecular complexity index is 2260. The molecule has 1 aliphatic heterocycles. The number of carbonyl (C=O) groups is 3. The number of alkyl carbamates (subject to hydrolysis) is 1. The predicted molar refractivity (Wildman–Crippen MR) is 242 cm³/mol. The first-order chi connectivity index (χ1) is 30.5. The van der Waals surface area contributed by atoms with Crippen LogP contribution < -0.4 is 10.1 Å². The summed E-state index contributed by atoms with van der Waals surface area (Å²) in [5, 5.41) is 13.4. The van der Waals surface area contributed by atoms with Crippen LogP contribution in [0.5, 0.6) is 5.75 Å². The fourth-order valence-corrected chi connectivity index (χ4v) is 8.04. The minimum absolute atomic E-state index is 0.0111. The van der Waals surface area contributed by atoms with Gasteiger partial charge in [0.2, 0.25) is 0 Å². The molecule has 1 saturated heterocycles. The van der Waals surface area contributed by atoms with Crippen molar-refractivity contribution in [3.63, 3.8) is 0 Å².